The lowest BCUT2D eigenvalue weighted by atomic mass is 10.2. The first-order chi connectivity index (χ1) is 13.7. The molecule has 4 rings (SSSR count). The van der Waals surface area contributed by atoms with Crippen LogP contribution >= 0.6 is 0 Å². The number of nitrogens with zero attached hydrogens (tertiary/aromatic N) is 5. The summed E-state index contributed by atoms with van der Waals surface area (Å²) in [4.78, 5) is 25.4. The van der Waals surface area contributed by atoms with E-state index >= 15 is 0 Å². The Morgan fingerprint density at radius 1 is 0.929 bits per heavy atom. The lowest BCUT2D eigenvalue weighted by Gasteiger charge is -2.35. The van der Waals surface area contributed by atoms with Gasteiger partial charge in [0.15, 0.2) is 0 Å². The summed E-state index contributed by atoms with van der Waals surface area (Å²) in [7, 11) is 0. The van der Waals surface area contributed by atoms with E-state index in [1.165, 1.54) is 6.07 Å². The van der Waals surface area contributed by atoms with Crippen molar-refractivity contribution in [3.8, 4) is 0 Å². The predicted molar refractivity (Wildman–Crippen MR) is 108 cm³/mol. The van der Waals surface area contributed by atoms with Crippen LogP contribution in [0.15, 0.2) is 53.6 Å². The molecule has 1 saturated heterocycles. The molecule has 0 bridgehead atoms. The number of halogens is 1. The minimum absolute atomic E-state index is 0.0295. The fraction of sp³-hybridized carbons (Fsp3) is 0.381. The number of unbranched alkanes of at least 4 members (excludes halogenated alkanes) is 1. The normalized spacial score (nSPS) is 15.2. The van der Waals surface area contributed by atoms with Crippen LogP contribution in [-0.4, -0.2) is 52.2 Å². The summed E-state index contributed by atoms with van der Waals surface area (Å²) in [5.41, 5.74) is 0.774. The Morgan fingerprint density at radius 2 is 1.71 bits per heavy atom. The summed E-state index contributed by atoms with van der Waals surface area (Å²) in [5, 5.41) is 0.673. The Bertz CT molecular complexity index is 997. The maximum Gasteiger partial charge on any atom is 0.261 e. The molecule has 6 nitrogen and oxygen atoms in total. The standard InChI is InChI=1S/C21H24FN5O/c22-19-8-5-9-20(24-19)26-14-12-25(13-15-26)10-3-4-11-27-16-23-18-7-2-1-6-17(18)21(27)28/h1-2,5-9,16H,3-4,10-15H2. The number of fused-ring (bicyclic) bond motifs is 1. The molecule has 1 aliphatic heterocycles. The zero-order valence-corrected chi connectivity index (χ0v) is 15.8. The molecule has 7 heteroatoms. The molecule has 1 aliphatic rings. The number of para-hydroxylation sites is 1. The highest BCUT2D eigenvalue weighted by atomic mass is 19.1. The van der Waals surface area contributed by atoms with Gasteiger partial charge in [0.2, 0.25) is 5.95 Å². The topological polar surface area (TPSA) is 54.3 Å². The molecule has 2 aromatic heterocycles. The fourth-order valence-electron chi connectivity index (χ4n) is 3.66. The van der Waals surface area contributed by atoms with Crippen molar-refractivity contribution in [3.05, 3.63) is 65.1 Å². The van der Waals surface area contributed by atoms with Crippen LogP contribution in [0.5, 0.6) is 0 Å². The van der Waals surface area contributed by atoms with Crippen molar-refractivity contribution in [3.63, 3.8) is 0 Å². The number of anilines is 1. The van der Waals surface area contributed by atoms with Crippen LogP contribution in [0.3, 0.4) is 0 Å². The van der Waals surface area contributed by atoms with Gasteiger partial charge in [0.05, 0.1) is 17.2 Å². The van der Waals surface area contributed by atoms with Crippen molar-refractivity contribution in [2.75, 3.05) is 37.6 Å². The van der Waals surface area contributed by atoms with Gasteiger partial charge in [-0.25, -0.2) is 9.97 Å². The Balaban J connectivity index is 1.23. The van der Waals surface area contributed by atoms with Crippen molar-refractivity contribution in [1.29, 1.82) is 0 Å². The maximum atomic E-state index is 13.3. The lowest BCUT2D eigenvalue weighted by molar-refractivity contribution is 0.250. The first-order valence-corrected chi connectivity index (χ1v) is 9.75. The number of benzene rings is 1. The first-order valence-electron chi connectivity index (χ1n) is 9.75. The molecule has 0 unspecified atom stereocenters. The van der Waals surface area contributed by atoms with Crippen LogP contribution in [-0.2, 0) is 6.54 Å². The highest BCUT2D eigenvalue weighted by Crippen LogP contribution is 2.14. The highest BCUT2D eigenvalue weighted by molar-refractivity contribution is 5.76. The van der Waals surface area contributed by atoms with Crippen LogP contribution in [0.4, 0.5) is 10.2 Å². The third-order valence-electron chi connectivity index (χ3n) is 5.25. The van der Waals surface area contributed by atoms with Gasteiger partial charge in [0.1, 0.15) is 5.82 Å². The zero-order valence-electron chi connectivity index (χ0n) is 15.8. The van der Waals surface area contributed by atoms with Crippen molar-refractivity contribution < 1.29 is 4.39 Å². The van der Waals surface area contributed by atoms with Gasteiger partial charge in [-0.2, -0.15) is 4.39 Å². The molecule has 0 N–H and O–H groups in total. The van der Waals surface area contributed by atoms with Crippen molar-refractivity contribution >= 4 is 16.7 Å². The second kappa shape index (κ2) is 8.48. The number of hydrogen-bond donors (Lipinski definition) is 0. The minimum Gasteiger partial charge on any atom is -0.354 e. The van der Waals surface area contributed by atoms with Crippen LogP contribution < -0.4 is 10.5 Å². The second-order valence-corrected chi connectivity index (χ2v) is 7.11. The first kappa shape index (κ1) is 18.6. The summed E-state index contributed by atoms with van der Waals surface area (Å²) in [5.74, 6) is 0.279. The molecule has 1 aromatic carbocycles. The van der Waals surface area contributed by atoms with E-state index in [9.17, 15) is 9.18 Å². The van der Waals surface area contributed by atoms with Crippen molar-refractivity contribution in [1.82, 2.24) is 19.4 Å². The van der Waals surface area contributed by atoms with Gasteiger partial charge in [-0.15, -0.1) is 0 Å². The van der Waals surface area contributed by atoms with Gasteiger partial charge in [-0.05, 0) is 43.7 Å². The maximum absolute atomic E-state index is 13.3. The zero-order chi connectivity index (χ0) is 19.3. The number of aryl methyl sites for hydroxylation is 1. The SMILES string of the molecule is O=c1c2ccccc2ncn1CCCCN1CCN(c2cccc(F)n2)CC1. The Hall–Kier alpha value is -2.80. The number of hydrogen-bond acceptors (Lipinski definition) is 5. The number of rotatable bonds is 6. The van der Waals surface area contributed by atoms with Gasteiger partial charge in [0, 0.05) is 32.7 Å². The molecular formula is C21H24FN5O. The van der Waals surface area contributed by atoms with Crippen LogP contribution in [0.25, 0.3) is 10.9 Å². The molecule has 0 saturated carbocycles. The summed E-state index contributed by atoms with van der Waals surface area (Å²) in [6, 6.07) is 12.4. The molecule has 3 aromatic rings. The number of aromatic nitrogens is 3. The monoisotopic (exact) mass is 381 g/mol. The van der Waals surface area contributed by atoms with E-state index < -0.39 is 5.95 Å². The molecule has 0 aliphatic carbocycles. The van der Waals surface area contributed by atoms with E-state index in [4.69, 9.17) is 0 Å². The van der Waals surface area contributed by atoms with Gasteiger partial charge < -0.3 is 4.90 Å². The van der Waals surface area contributed by atoms with Gasteiger partial charge in [-0.3, -0.25) is 14.3 Å². The number of pyridine rings is 1. The molecular weight excluding hydrogens is 357 g/mol. The quantitative estimate of drug-likeness (QED) is 0.485. The van der Waals surface area contributed by atoms with E-state index in [1.54, 1.807) is 17.0 Å². The van der Waals surface area contributed by atoms with Gasteiger partial charge in [0.25, 0.3) is 5.56 Å². The molecule has 0 radical (unpaired) electrons. The third kappa shape index (κ3) is 4.20. The van der Waals surface area contributed by atoms with E-state index in [-0.39, 0.29) is 5.56 Å². The van der Waals surface area contributed by atoms with E-state index in [2.05, 4.69) is 19.8 Å². The average Bonchev–Trinajstić information content (AvgIpc) is 2.73. The molecule has 0 amide bonds. The molecule has 1 fully saturated rings. The molecule has 146 valence electrons. The lowest BCUT2D eigenvalue weighted by Crippen LogP contribution is -2.47. The van der Waals surface area contributed by atoms with Gasteiger partial charge >= 0.3 is 0 Å². The summed E-state index contributed by atoms with van der Waals surface area (Å²) in [6.07, 6.45) is 3.61. The van der Waals surface area contributed by atoms with Crippen molar-refractivity contribution in [2.45, 2.75) is 19.4 Å². The Kier molecular flexibility index (Phi) is 5.62. The molecule has 0 spiro atoms. The largest absolute Gasteiger partial charge is 0.354 e. The summed E-state index contributed by atoms with van der Waals surface area (Å²) in [6.45, 7) is 5.27. The van der Waals surface area contributed by atoms with Crippen molar-refractivity contribution in [2.24, 2.45) is 0 Å². The summed E-state index contributed by atoms with van der Waals surface area (Å²) < 4.78 is 15.0. The molecule has 28 heavy (non-hydrogen) atoms. The number of piperazine rings is 1. The minimum atomic E-state index is -0.432. The molecule has 3 heterocycles. The van der Waals surface area contributed by atoms with Crippen LogP contribution in [0.2, 0.25) is 0 Å². The summed E-state index contributed by atoms with van der Waals surface area (Å²) >= 11 is 0. The average molecular weight is 381 g/mol. The third-order valence-corrected chi connectivity index (χ3v) is 5.25. The van der Waals surface area contributed by atoms with Crippen LogP contribution in [0, 0.1) is 5.95 Å². The van der Waals surface area contributed by atoms with Gasteiger partial charge in [-0.1, -0.05) is 18.2 Å². The van der Waals surface area contributed by atoms with E-state index in [0.717, 1.165) is 51.1 Å². The molecule has 0 atom stereocenters. The smallest absolute Gasteiger partial charge is 0.261 e. The van der Waals surface area contributed by atoms with E-state index in [0.29, 0.717) is 17.7 Å². The van der Waals surface area contributed by atoms with Crippen LogP contribution in [0.1, 0.15) is 12.8 Å². The fourth-order valence-corrected chi connectivity index (χ4v) is 3.66. The predicted octanol–water partition coefficient (Wildman–Crippen LogP) is 2.53. The Morgan fingerprint density at radius 3 is 2.54 bits per heavy atom. The highest BCUT2D eigenvalue weighted by Gasteiger charge is 2.17. The Labute approximate surface area is 163 Å². The second-order valence-electron chi connectivity index (χ2n) is 7.11. The van der Waals surface area contributed by atoms with E-state index in [1.807, 2.05) is 30.3 Å².